The van der Waals surface area contributed by atoms with Crippen molar-refractivity contribution in [1.82, 2.24) is 0 Å². The summed E-state index contributed by atoms with van der Waals surface area (Å²) < 4.78 is 22.9. The van der Waals surface area contributed by atoms with Crippen molar-refractivity contribution in [2.45, 2.75) is 71.6 Å². The van der Waals surface area contributed by atoms with Crippen LogP contribution in [0.25, 0.3) is 11.6 Å². The topological polar surface area (TPSA) is 80.9 Å². The minimum Gasteiger partial charge on any atom is -0.493 e. The van der Waals surface area contributed by atoms with Crippen LogP contribution in [0.3, 0.4) is 0 Å². The summed E-state index contributed by atoms with van der Waals surface area (Å²) >= 11 is 0. The van der Waals surface area contributed by atoms with E-state index in [4.69, 9.17) is 24.1 Å². The van der Waals surface area contributed by atoms with Gasteiger partial charge in [0.2, 0.25) is 0 Å². The highest BCUT2D eigenvalue weighted by Gasteiger charge is 2.11. The lowest BCUT2D eigenvalue weighted by Gasteiger charge is -2.13. The maximum atomic E-state index is 9.83. The van der Waals surface area contributed by atoms with Crippen molar-refractivity contribution in [2.24, 2.45) is 0 Å². The van der Waals surface area contributed by atoms with Crippen molar-refractivity contribution in [2.75, 3.05) is 33.5 Å². The lowest BCUT2D eigenvalue weighted by Crippen LogP contribution is -2.00. The number of hydrogen-bond donors (Lipinski definition) is 1. The maximum absolute atomic E-state index is 9.83. The Balaban J connectivity index is 1.93. The lowest BCUT2D eigenvalue weighted by molar-refractivity contribution is 0.281. The predicted octanol–water partition coefficient (Wildman–Crippen LogP) is 7.44. The molecule has 0 amide bonds. The molecular weight excluding hydrogens is 466 g/mol. The quantitative estimate of drug-likeness (QED) is 0.120. The highest BCUT2D eigenvalue weighted by atomic mass is 16.5. The third-order valence-corrected chi connectivity index (χ3v) is 6.03. The monoisotopic (exact) mass is 509 g/mol. The Bertz CT molecular complexity index is 996. The molecule has 2 aromatic carbocycles. The molecule has 2 rings (SSSR count). The summed E-state index contributed by atoms with van der Waals surface area (Å²) in [5, 5.41) is 18.6. The first-order valence-electron chi connectivity index (χ1n) is 13.6. The Kier molecular flexibility index (Phi) is 14.7. The largest absolute Gasteiger partial charge is 0.493 e. The number of ether oxygens (including phenoxy) is 4. The molecule has 6 heteroatoms. The number of methoxy groups -OCH3 is 1. The predicted molar refractivity (Wildman–Crippen MR) is 149 cm³/mol. The molecule has 0 unspecified atom stereocenters. The Hall–Kier alpha value is -3.17. The van der Waals surface area contributed by atoms with Gasteiger partial charge in [0, 0.05) is 6.61 Å². The van der Waals surface area contributed by atoms with Gasteiger partial charge in [-0.15, -0.1) is 0 Å². The van der Waals surface area contributed by atoms with E-state index >= 15 is 0 Å². The molecule has 0 radical (unpaired) electrons. The average molecular weight is 510 g/mol. The minimum atomic E-state index is 0.310. The lowest BCUT2D eigenvalue weighted by atomic mass is 10.0. The van der Waals surface area contributed by atoms with Crippen molar-refractivity contribution in [1.29, 1.82) is 5.26 Å². The number of unbranched alkanes of at least 4 members (excludes halogenated alkanes) is 8. The molecule has 0 aliphatic rings. The van der Waals surface area contributed by atoms with Crippen LogP contribution < -0.4 is 18.9 Å². The van der Waals surface area contributed by atoms with Gasteiger partial charge in [0.15, 0.2) is 23.0 Å². The van der Waals surface area contributed by atoms with E-state index in [0.29, 0.717) is 55.0 Å². The molecule has 0 heterocycles. The van der Waals surface area contributed by atoms with E-state index in [1.54, 1.807) is 7.11 Å². The molecule has 0 bridgehead atoms. The Morgan fingerprint density at radius 3 is 1.97 bits per heavy atom. The van der Waals surface area contributed by atoms with Crippen LogP contribution >= 0.6 is 0 Å². The van der Waals surface area contributed by atoms with Crippen molar-refractivity contribution >= 4 is 11.6 Å². The minimum absolute atomic E-state index is 0.310. The zero-order valence-corrected chi connectivity index (χ0v) is 22.8. The number of nitriles is 1. The molecule has 0 aliphatic carbocycles. The molecule has 37 heavy (non-hydrogen) atoms. The normalized spacial score (nSPS) is 11.2. The van der Waals surface area contributed by atoms with Crippen LogP contribution in [0.1, 0.15) is 82.8 Å². The van der Waals surface area contributed by atoms with E-state index < -0.39 is 0 Å². The molecule has 0 atom stereocenters. The van der Waals surface area contributed by atoms with Gasteiger partial charge in [-0.3, -0.25) is 0 Å². The summed E-state index contributed by atoms with van der Waals surface area (Å²) in [7, 11) is 1.63. The Morgan fingerprint density at radius 2 is 1.35 bits per heavy atom. The molecule has 0 spiro atoms. The summed E-state index contributed by atoms with van der Waals surface area (Å²) in [4.78, 5) is 0. The summed E-state index contributed by atoms with van der Waals surface area (Å²) in [6.07, 6.45) is 12.3. The SMILES string of the molecule is CCOc1ccc(/C(C#N)=C/c2ccc(OCCCCCCCCCCCO)c(OC)c2)cc1OCC. The molecule has 0 saturated heterocycles. The molecule has 0 fully saturated rings. The Labute approximate surface area is 222 Å². The van der Waals surface area contributed by atoms with Gasteiger partial charge in [-0.25, -0.2) is 0 Å². The molecule has 1 N–H and O–H groups in total. The summed E-state index contributed by atoms with van der Waals surface area (Å²) in [5.74, 6) is 2.66. The van der Waals surface area contributed by atoms with Crippen molar-refractivity contribution in [3.05, 3.63) is 47.5 Å². The molecule has 0 aromatic heterocycles. The fraction of sp³-hybridized carbons (Fsp3) is 0.516. The number of allylic oxidation sites excluding steroid dienone is 1. The first kappa shape index (κ1) is 30.1. The van der Waals surface area contributed by atoms with Gasteiger partial charge in [0.25, 0.3) is 0 Å². The third-order valence-electron chi connectivity index (χ3n) is 6.03. The molecule has 0 saturated carbocycles. The standard InChI is InChI=1S/C31H43NO5/c1-4-35-29-18-16-26(23-31(29)36-5-2)27(24-32)21-25-15-17-28(30(22-25)34-3)37-20-14-12-10-8-6-7-9-11-13-19-33/h15-18,21-23,33H,4-14,19-20H2,1-3H3/b27-21+. The van der Waals surface area contributed by atoms with E-state index in [2.05, 4.69) is 6.07 Å². The average Bonchev–Trinajstić information content (AvgIpc) is 2.92. The number of rotatable bonds is 19. The van der Waals surface area contributed by atoms with E-state index in [9.17, 15) is 5.26 Å². The smallest absolute Gasteiger partial charge is 0.161 e. The number of hydrogen-bond acceptors (Lipinski definition) is 6. The fourth-order valence-electron chi connectivity index (χ4n) is 4.09. The zero-order chi connectivity index (χ0) is 26.7. The molecule has 202 valence electrons. The van der Waals surface area contributed by atoms with Crippen LogP contribution in [-0.2, 0) is 0 Å². The van der Waals surface area contributed by atoms with Gasteiger partial charge in [-0.05, 0) is 74.2 Å². The van der Waals surface area contributed by atoms with Crippen LogP contribution in [0, 0.1) is 11.3 Å². The van der Waals surface area contributed by atoms with Crippen LogP contribution in [0.4, 0.5) is 0 Å². The second-order valence-corrected chi connectivity index (χ2v) is 8.86. The second-order valence-electron chi connectivity index (χ2n) is 8.86. The fourth-order valence-corrected chi connectivity index (χ4v) is 4.09. The van der Waals surface area contributed by atoms with Gasteiger partial charge >= 0.3 is 0 Å². The van der Waals surface area contributed by atoms with Gasteiger partial charge in [-0.1, -0.05) is 51.0 Å². The molecule has 2 aromatic rings. The maximum Gasteiger partial charge on any atom is 0.161 e. The van der Waals surface area contributed by atoms with Crippen LogP contribution in [-0.4, -0.2) is 38.6 Å². The van der Waals surface area contributed by atoms with Crippen LogP contribution in [0.2, 0.25) is 0 Å². The first-order chi connectivity index (χ1) is 18.2. The highest BCUT2D eigenvalue weighted by Crippen LogP contribution is 2.33. The molecular formula is C31H43NO5. The van der Waals surface area contributed by atoms with E-state index in [1.165, 1.54) is 32.1 Å². The van der Waals surface area contributed by atoms with Crippen LogP contribution in [0.5, 0.6) is 23.0 Å². The number of nitrogens with zero attached hydrogens (tertiary/aromatic N) is 1. The van der Waals surface area contributed by atoms with Gasteiger partial charge in [-0.2, -0.15) is 5.26 Å². The van der Waals surface area contributed by atoms with E-state index in [0.717, 1.165) is 36.8 Å². The Morgan fingerprint density at radius 1 is 0.757 bits per heavy atom. The van der Waals surface area contributed by atoms with Crippen LogP contribution in [0.15, 0.2) is 36.4 Å². The second kappa shape index (κ2) is 18.1. The molecule has 6 nitrogen and oxygen atoms in total. The number of aliphatic hydroxyl groups excluding tert-OH is 1. The summed E-state index contributed by atoms with van der Waals surface area (Å²) in [6.45, 7) is 5.86. The number of aliphatic hydroxyl groups is 1. The summed E-state index contributed by atoms with van der Waals surface area (Å²) in [5.41, 5.74) is 2.14. The molecule has 0 aliphatic heterocycles. The first-order valence-corrected chi connectivity index (χ1v) is 13.6. The van der Waals surface area contributed by atoms with E-state index in [1.807, 2.05) is 56.3 Å². The number of benzene rings is 2. The van der Waals surface area contributed by atoms with Gasteiger partial charge < -0.3 is 24.1 Å². The van der Waals surface area contributed by atoms with Crippen molar-refractivity contribution < 1.29 is 24.1 Å². The highest BCUT2D eigenvalue weighted by molar-refractivity contribution is 5.90. The van der Waals surface area contributed by atoms with E-state index in [-0.39, 0.29) is 0 Å². The van der Waals surface area contributed by atoms with Crippen molar-refractivity contribution in [3.8, 4) is 29.1 Å². The zero-order valence-electron chi connectivity index (χ0n) is 22.8. The van der Waals surface area contributed by atoms with Crippen molar-refractivity contribution in [3.63, 3.8) is 0 Å². The van der Waals surface area contributed by atoms with Gasteiger partial charge in [0.05, 0.1) is 38.6 Å². The van der Waals surface area contributed by atoms with Gasteiger partial charge in [0.1, 0.15) is 0 Å². The summed E-state index contributed by atoms with van der Waals surface area (Å²) in [6, 6.07) is 13.6. The third kappa shape index (κ3) is 10.8.